The van der Waals surface area contributed by atoms with E-state index >= 15 is 0 Å². The fraction of sp³-hybridized carbons (Fsp3) is 0.227. The second-order valence-corrected chi connectivity index (χ2v) is 7.34. The number of hydrogen-bond acceptors (Lipinski definition) is 9. The summed E-state index contributed by atoms with van der Waals surface area (Å²) < 4.78 is 12.3. The fourth-order valence-electron chi connectivity index (χ4n) is 3.19. The van der Waals surface area contributed by atoms with Crippen LogP contribution in [-0.2, 0) is 11.3 Å². The zero-order valence-electron chi connectivity index (χ0n) is 18.7. The predicted molar refractivity (Wildman–Crippen MR) is 125 cm³/mol. The molecule has 1 amide bonds. The second kappa shape index (κ2) is 9.39. The summed E-state index contributed by atoms with van der Waals surface area (Å²) in [5.41, 5.74) is 2.32. The molecule has 0 aliphatic carbocycles. The lowest BCUT2D eigenvalue weighted by atomic mass is 10.2. The van der Waals surface area contributed by atoms with Gasteiger partial charge in [-0.2, -0.15) is 5.10 Å². The molecule has 4 aromatic rings. The Bertz CT molecular complexity index is 1270. The van der Waals surface area contributed by atoms with Gasteiger partial charge >= 0.3 is 0 Å². The largest absolute Gasteiger partial charge is 0.493 e. The number of benzene rings is 1. The number of carbonyl (C=O) groups excluding carboxylic acids is 1. The topological polar surface area (TPSA) is 119 Å². The Morgan fingerprint density at radius 2 is 1.85 bits per heavy atom. The lowest BCUT2D eigenvalue weighted by Crippen LogP contribution is -2.19. The molecular formula is C22H24N8O3. The highest BCUT2D eigenvalue weighted by Gasteiger charge is 2.12. The summed E-state index contributed by atoms with van der Waals surface area (Å²) in [6.45, 7) is 0.0360. The molecule has 0 aliphatic heterocycles. The minimum atomic E-state index is -0.237. The van der Waals surface area contributed by atoms with Crippen LogP contribution in [-0.4, -0.2) is 59.0 Å². The van der Waals surface area contributed by atoms with Crippen LogP contribution in [0, 0.1) is 0 Å². The van der Waals surface area contributed by atoms with E-state index in [1.165, 1.54) is 11.0 Å². The van der Waals surface area contributed by atoms with Crippen molar-refractivity contribution in [3.05, 3.63) is 49.2 Å². The van der Waals surface area contributed by atoms with Gasteiger partial charge in [-0.3, -0.25) is 9.48 Å². The second-order valence-electron chi connectivity index (χ2n) is 7.34. The Morgan fingerprint density at radius 1 is 1.06 bits per heavy atom. The van der Waals surface area contributed by atoms with E-state index in [1.54, 1.807) is 44.9 Å². The molecule has 0 radical (unpaired) electrons. The van der Waals surface area contributed by atoms with E-state index in [0.717, 1.165) is 11.1 Å². The first-order chi connectivity index (χ1) is 16.0. The highest BCUT2D eigenvalue weighted by Crippen LogP contribution is 2.34. The van der Waals surface area contributed by atoms with Gasteiger partial charge in [-0.05, 0) is 18.2 Å². The van der Waals surface area contributed by atoms with Gasteiger partial charge in [-0.1, -0.05) is 0 Å². The summed E-state index contributed by atoms with van der Waals surface area (Å²) in [5.74, 6) is 1.98. The number of ether oxygens (including phenoxy) is 2. The predicted octanol–water partition coefficient (Wildman–Crippen LogP) is 2.69. The van der Waals surface area contributed by atoms with Crippen molar-refractivity contribution in [2.24, 2.45) is 0 Å². The number of fused-ring (bicyclic) bond motifs is 1. The normalized spacial score (nSPS) is 10.7. The molecular weight excluding hydrogens is 424 g/mol. The molecule has 3 heterocycles. The molecule has 0 fully saturated rings. The maximum atomic E-state index is 12.4. The van der Waals surface area contributed by atoms with E-state index in [9.17, 15) is 4.79 Å². The fourth-order valence-corrected chi connectivity index (χ4v) is 3.19. The lowest BCUT2D eigenvalue weighted by Gasteiger charge is -2.12. The minimum Gasteiger partial charge on any atom is -0.493 e. The Hall–Kier alpha value is -4.41. The molecule has 1 aromatic carbocycles. The van der Waals surface area contributed by atoms with Crippen LogP contribution in [0.4, 0.5) is 23.0 Å². The van der Waals surface area contributed by atoms with Gasteiger partial charge in [-0.25, -0.2) is 15.0 Å². The number of carbonyl (C=O) groups is 1. The van der Waals surface area contributed by atoms with Gasteiger partial charge in [0.25, 0.3) is 0 Å². The number of anilines is 4. The third kappa shape index (κ3) is 4.92. The van der Waals surface area contributed by atoms with Crippen LogP contribution < -0.4 is 25.0 Å². The standard InChI is InChI=1S/C22H24N8O3/c1-29(2)15-5-6-20(23-10-15)28-21(31)12-30-11-14(9-26-30)27-22-16-7-18(32-3)19(33-4)8-17(16)24-13-25-22/h5-11,13H,12H2,1-4H3,(H,23,28,31)(H,24,25,27). The van der Waals surface area contributed by atoms with Crippen molar-refractivity contribution in [1.82, 2.24) is 24.7 Å². The van der Waals surface area contributed by atoms with Crippen LogP contribution in [0.25, 0.3) is 10.9 Å². The van der Waals surface area contributed by atoms with Crippen molar-refractivity contribution in [2.45, 2.75) is 6.54 Å². The summed E-state index contributed by atoms with van der Waals surface area (Å²) in [5, 5.41) is 11.0. The maximum Gasteiger partial charge on any atom is 0.247 e. The Labute approximate surface area is 190 Å². The number of rotatable bonds is 8. The van der Waals surface area contributed by atoms with E-state index in [1.807, 2.05) is 31.1 Å². The lowest BCUT2D eigenvalue weighted by molar-refractivity contribution is -0.116. The van der Waals surface area contributed by atoms with Crippen molar-refractivity contribution in [1.29, 1.82) is 0 Å². The van der Waals surface area contributed by atoms with Crippen molar-refractivity contribution < 1.29 is 14.3 Å². The zero-order chi connectivity index (χ0) is 23.4. The average molecular weight is 448 g/mol. The number of aromatic nitrogens is 5. The van der Waals surface area contributed by atoms with Gasteiger partial charge < -0.3 is 25.0 Å². The van der Waals surface area contributed by atoms with Gasteiger partial charge in [-0.15, -0.1) is 0 Å². The summed E-state index contributed by atoms with van der Waals surface area (Å²) in [6, 6.07) is 7.23. The molecule has 0 saturated heterocycles. The molecule has 0 aliphatic rings. The smallest absolute Gasteiger partial charge is 0.247 e. The molecule has 0 bridgehead atoms. The molecule has 0 saturated carbocycles. The van der Waals surface area contributed by atoms with Gasteiger partial charge in [0.05, 0.1) is 43.5 Å². The minimum absolute atomic E-state index is 0.0360. The molecule has 0 unspecified atom stereocenters. The summed E-state index contributed by atoms with van der Waals surface area (Å²) in [7, 11) is 7.00. The zero-order valence-corrected chi connectivity index (χ0v) is 18.7. The highest BCUT2D eigenvalue weighted by molar-refractivity contribution is 5.93. The van der Waals surface area contributed by atoms with Crippen LogP contribution in [0.3, 0.4) is 0 Å². The maximum absolute atomic E-state index is 12.4. The third-order valence-corrected chi connectivity index (χ3v) is 4.87. The Balaban J connectivity index is 1.45. The monoisotopic (exact) mass is 448 g/mol. The van der Waals surface area contributed by atoms with Gasteiger partial charge in [0.1, 0.15) is 24.5 Å². The van der Waals surface area contributed by atoms with Gasteiger partial charge in [0.2, 0.25) is 5.91 Å². The number of nitrogens with one attached hydrogen (secondary N) is 2. The molecule has 11 nitrogen and oxygen atoms in total. The first-order valence-electron chi connectivity index (χ1n) is 10.1. The van der Waals surface area contributed by atoms with Crippen LogP contribution in [0.15, 0.2) is 49.2 Å². The molecule has 2 N–H and O–H groups in total. The van der Waals surface area contributed by atoms with E-state index in [4.69, 9.17) is 9.47 Å². The third-order valence-electron chi connectivity index (χ3n) is 4.87. The number of hydrogen-bond donors (Lipinski definition) is 2. The number of nitrogens with zero attached hydrogens (tertiary/aromatic N) is 6. The van der Waals surface area contributed by atoms with Crippen LogP contribution in [0.1, 0.15) is 0 Å². The van der Waals surface area contributed by atoms with Crippen molar-refractivity contribution in [3.8, 4) is 11.5 Å². The highest BCUT2D eigenvalue weighted by atomic mass is 16.5. The Kier molecular flexibility index (Phi) is 6.20. The molecule has 0 atom stereocenters. The first-order valence-corrected chi connectivity index (χ1v) is 10.1. The number of amides is 1. The molecule has 33 heavy (non-hydrogen) atoms. The summed E-state index contributed by atoms with van der Waals surface area (Å²) >= 11 is 0. The quantitative estimate of drug-likeness (QED) is 0.419. The number of pyridine rings is 1. The van der Waals surface area contributed by atoms with Crippen LogP contribution in [0.5, 0.6) is 11.5 Å². The van der Waals surface area contributed by atoms with Crippen molar-refractivity contribution in [2.75, 3.05) is 43.8 Å². The van der Waals surface area contributed by atoms with E-state index in [2.05, 4.69) is 30.7 Å². The SMILES string of the molecule is COc1cc2ncnc(Nc3cnn(CC(=O)Nc4ccc(N(C)C)cn4)c3)c2cc1OC. The number of methoxy groups -OCH3 is 2. The molecule has 170 valence electrons. The summed E-state index contributed by atoms with van der Waals surface area (Å²) in [4.78, 5) is 27.2. The van der Waals surface area contributed by atoms with Gasteiger partial charge in [0.15, 0.2) is 11.5 Å². The van der Waals surface area contributed by atoms with Crippen molar-refractivity contribution >= 4 is 39.8 Å². The molecule has 0 spiro atoms. The first kappa shape index (κ1) is 21.8. The summed E-state index contributed by atoms with van der Waals surface area (Å²) in [6.07, 6.45) is 6.49. The van der Waals surface area contributed by atoms with Gasteiger partial charge in [0, 0.05) is 31.7 Å². The van der Waals surface area contributed by atoms with Crippen molar-refractivity contribution in [3.63, 3.8) is 0 Å². The Morgan fingerprint density at radius 3 is 2.55 bits per heavy atom. The molecule has 3 aromatic heterocycles. The van der Waals surface area contributed by atoms with E-state index < -0.39 is 0 Å². The average Bonchev–Trinajstić information content (AvgIpc) is 3.25. The van der Waals surface area contributed by atoms with Crippen LogP contribution >= 0.6 is 0 Å². The molecule has 11 heteroatoms. The van der Waals surface area contributed by atoms with Crippen LogP contribution in [0.2, 0.25) is 0 Å². The van der Waals surface area contributed by atoms with E-state index in [-0.39, 0.29) is 12.5 Å². The van der Waals surface area contributed by atoms with E-state index in [0.29, 0.717) is 34.3 Å². The molecule has 4 rings (SSSR count).